The maximum atomic E-state index is 12.5. The summed E-state index contributed by atoms with van der Waals surface area (Å²) in [4.78, 5) is 24.1. The van der Waals surface area contributed by atoms with Crippen molar-refractivity contribution in [3.63, 3.8) is 0 Å². The number of hydrogen-bond donors (Lipinski definition) is 1. The number of carboxylic acid groups (broad SMARTS) is 1. The summed E-state index contributed by atoms with van der Waals surface area (Å²) in [5.74, 6) is -1.76. The van der Waals surface area contributed by atoms with E-state index in [0.29, 0.717) is 12.8 Å². The van der Waals surface area contributed by atoms with E-state index in [1.807, 2.05) is 0 Å². The summed E-state index contributed by atoms with van der Waals surface area (Å²) in [6.07, 6.45) is 40.8. The lowest BCUT2D eigenvalue weighted by Gasteiger charge is -2.11. The van der Waals surface area contributed by atoms with Crippen molar-refractivity contribution in [2.24, 2.45) is 5.92 Å². The van der Waals surface area contributed by atoms with Crippen molar-refractivity contribution >= 4 is 11.8 Å². The van der Waals surface area contributed by atoms with E-state index in [2.05, 4.69) is 38.2 Å². The first-order chi connectivity index (χ1) is 19.1. The minimum Gasteiger partial charge on any atom is -0.481 e. The molecule has 0 heterocycles. The molecule has 3 nitrogen and oxygen atoms in total. The van der Waals surface area contributed by atoms with Gasteiger partial charge in [-0.3, -0.25) is 9.59 Å². The smallest absolute Gasteiger partial charge is 0.314 e. The normalized spacial score (nSPS) is 12.6. The highest BCUT2D eigenvalue weighted by Gasteiger charge is 2.24. The van der Waals surface area contributed by atoms with Crippen molar-refractivity contribution < 1.29 is 14.7 Å². The van der Waals surface area contributed by atoms with Crippen LogP contribution in [0.25, 0.3) is 0 Å². The second-order valence-electron chi connectivity index (χ2n) is 11.7. The highest BCUT2D eigenvalue weighted by atomic mass is 16.4. The summed E-state index contributed by atoms with van der Waals surface area (Å²) in [5.41, 5.74) is 0. The van der Waals surface area contributed by atoms with Crippen LogP contribution in [0.4, 0.5) is 0 Å². The van der Waals surface area contributed by atoms with Crippen molar-refractivity contribution in [1.82, 2.24) is 0 Å². The van der Waals surface area contributed by atoms with Gasteiger partial charge < -0.3 is 5.11 Å². The molecule has 0 aliphatic carbocycles. The van der Waals surface area contributed by atoms with E-state index in [0.717, 1.165) is 38.5 Å². The minimum absolute atomic E-state index is 0.0505. The SMILES string of the molecule is CCCCCC/C=C/CCCCCCCCCC(=O)C(CCCCCCCC/C=C/CCCCCC)C(=O)O. The maximum absolute atomic E-state index is 12.5. The van der Waals surface area contributed by atoms with E-state index >= 15 is 0 Å². The van der Waals surface area contributed by atoms with Crippen LogP contribution in [0.5, 0.6) is 0 Å². The molecule has 0 aromatic rings. The molecule has 0 radical (unpaired) electrons. The monoisotopic (exact) mass is 547 g/mol. The average molecular weight is 547 g/mol. The number of hydrogen-bond acceptors (Lipinski definition) is 2. The summed E-state index contributed by atoms with van der Waals surface area (Å²) in [5, 5.41) is 9.54. The molecule has 0 aliphatic heterocycles. The molecule has 0 rings (SSSR count). The molecule has 0 bridgehead atoms. The van der Waals surface area contributed by atoms with Gasteiger partial charge in [-0.2, -0.15) is 0 Å². The Bertz CT molecular complexity index is 592. The number of carbonyl (C=O) groups is 2. The van der Waals surface area contributed by atoms with E-state index in [9.17, 15) is 14.7 Å². The lowest BCUT2D eigenvalue weighted by atomic mass is 9.93. The van der Waals surface area contributed by atoms with Gasteiger partial charge in [0.25, 0.3) is 0 Å². The van der Waals surface area contributed by atoms with Gasteiger partial charge in [-0.05, 0) is 64.2 Å². The molecule has 39 heavy (non-hydrogen) atoms. The molecular weight excluding hydrogens is 480 g/mol. The molecule has 1 unspecified atom stereocenters. The van der Waals surface area contributed by atoms with E-state index in [4.69, 9.17) is 0 Å². The van der Waals surface area contributed by atoms with Crippen LogP contribution in [-0.2, 0) is 9.59 Å². The zero-order valence-corrected chi connectivity index (χ0v) is 26.2. The number of rotatable bonds is 31. The standard InChI is InChI=1S/C36H66O3/c1-3-5-7-9-11-13-15-17-19-21-23-25-27-29-31-33-35(37)34(36(38)39)32-30-28-26-24-22-20-18-16-14-12-10-8-6-4-2/h13-16,34H,3-12,17-33H2,1-2H3,(H,38,39)/b15-13+,16-14+. The summed E-state index contributed by atoms with van der Waals surface area (Å²) < 4.78 is 0. The lowest BCUT2D eigenvalue weighted by molar-refractivity contribution is -0.146. The van der Waals surface area contributed by atoms with Gasteiger partial charge in [-0.25, -0.2) is 0 Å². The highest BCUT2D eigenvalue weighted by Crippen LogP contribution is 2.18. The molecule has 0 aromatic carbocycles. The third-order valence-electron chi connectivity index (χ3n) is 7.88. The predicted molar refractivity (Wildman–Crippen MR) is 170 cm³/mol. The average Bonchev–Trinajstić information content (AvgIpc) is 2.92. The molecule has 228 valence electrons. The fraction of sp³-hybridized carbons (Fsp3) is 0.833. The van der Waals surface area contributed by atoms with E-state index < -0.39 is 11.9 Å². The third-order valence-corrected chi connectivity index (χ3v) is 7.88. The zero-order valence-electron chi connectivity index (χ0n) is 26.2. The van der Waals surface area contributed by atoms with Gasteiger partial charge in [-0.15, -0.1) is 0 Å². The second-order valence-corrected chi connectivity index (χ2v) is 11.7. The first-order valence-electron chi connectivity index (χ1n) is 17.2. The molecule has 0 saturated heterocycles. The Hall–Kier alpha value is -1.38. The van der Waals surface area contributed by atoms with Crippen molar-refractivity contribution in [3.05, 3.63) is 24.3 Å². The largest absolute Gasteiger partial charge is 0.481 e. The van der Waals surface area contributed by atoms with Gasteiger partial charge in [0.1, 0.15) is 11.7 Å². The van der Waals surface area contributed by atoms with E-state index in [1.165, 1.54) is 122 Å². The Kier molecular flexibility index (Phi) is 30.0. The lowest BCUT2D eigenvalue weighted by Crippen LogP contribution is -2.23. The molecule has 0 fully saturated rings. The molecule has 1 N–H and O–H groups in total. The molecule has 0 aliphatic rings. The fourth-order valence-corrected chi connectivity index (χ4v) is 5.21. The van der Waals surface area contributed by atoms with Crippen molar-refractivity contribution in [2.45, 2.75) is 187 Å². The van der Waals surface area contributed by atoms with Crippen LogP contribution >= 0.6 is 0 Å². The van der Waals surface area contributed by atoms with Crippen LogP contribution in [-0.4, -0.2) is 16.9 Å². The Morgan fingerprint density at radius 2 is 0.821 bits per heavy atom. The van der Waals surface area contributed by atoms with Crippen LogP contribution in [0, 0.1) is 5.92 Å². The van der Waals surface area contributed by atoms with Crippen molar-refractivity contribution in [2.75, 3.05) is 0 Å². The van der Waals surface area contributed by atoms with Gasteiger partial charge >= 0.3 is 5.97 Å². The third kappa shape index (κ3) is 28.0. The van der Waals surface area contributed by atoms with Gasteiger partial charge in [0.15, 0.2) is 0 Å². The number of unbranched alkanes of at least 4 members (excludes halogenated alkanes) is 21. The fourth-order valence-electron chi connectivity index (χ4n) is 5.21. The molecule has 0 saturated carbocycles. The number of ketones is 1. The first-order valence-corrected chi connectivity index (χ1v) is 17.2. The van der Waals surface area contributed by atoms with Crippen LogP contribution in [0.15, 0.2) is 24.3 Å². The molecule has 0 amide bonds. The summed E-state index contributed by atoms with van der Waals surface area (Å²) >= 11 is 0. The van der Waals surface area contributed by atoms with Crippen molar-refractivity contribution in [1.29, 1.82) is 0 Å². The number of Topliss-reactive ketones (excluding diaryl/α,β-unsaturated/α-hetero) is 1. The summed E-state index contributed by atoms with van der Waals surface area (Å²) in [7, 11) is 0. The topological polar surface area (TPSA) is 54.4 Å². The Balaban J connectivity index is 3.62. The summed E-state index contributed by atoms with van der Waals surface area (Å²) in [6.45, 7) is 4.51. The molecule has 3 heteroatoms. The molecule has 1 atom stereocenters. The number of allylic oxidation sites excluding steroid dienone is 4. The quantitative estimate of drug-likeness (QED) is 0.0534. The highest BCUT2D eigenvalue weighted by molar-refractivity contribution is 5.98. The van der Waals surface area contributed by atoms with Gasteiger partial charge in [0.2, 0.25) is 0 Å². The van der Waals surface area contributed by atoms with Gasteiger partial charge in [0.05, 0.1) is 0 Å². The van der Waals surface area contributed by atoms with Crippen LogP contribution in [0.2, 0.25) is 0 Å². The van der Waals surface area contributed by atoms with Gasteiger partial charge in [-0.1, -0.05) is 141 Å². The van der Waals surface area contributed by atoms with E-state index in [1.54, 1.807) is 0 Å². The molecule has 0 aromatic heterocycles. The minimum atomic E-state index is -0.920. The van der Waals surface area contributed by atoms with E-state index in [-0.39, 0.29) is 5.78 Å². The first kappa shape index (κ1) is 37.6. The maximum Gasteiger partial charge on any atom is 0.314 e. The molecule has 0 spiro atoms. The number of carbonyl (C=O) groups excluding carboxylic acids is 1. The van der Waals surface area contributed by atoms with Crippen LogP contribution < -0.4 is 0 Å². The number of aliphatic carboxylic acids is 1. The van der Waals surface area contributed by atoms with Gasteiger partial charge in [0, 0.05) is 6.42 Å². The summed E-state index contributed by atoms with van der Waals surface area (Å²) in [6, 6.07) is 0. The second kappa shape index (κ2) is 31.2. The van der Waals surface area contributed by atoms with Crippen molar-refractivity contribution in [3.8, 4) is 0 Å². The Morgan fingerprint density at radius 1 is 0.487 bits per heavy atom. The zero-order chi connectivity index (χ0) is 28.7. The van der Waals surface area contributed by atoms with Crippen LogP contribution in [0.1, 0.15) is 187 Å². The Labute approximate surface area is 243 Å². The molecular formula is C36H66O3. The predicted octanol–water partition coefficient (Wildman–Crippen LogP) is 11.9. The Morgan fingerprint density at radius 3 is 1.21 bits per heavy atom. The van der Waals surface area contributed by atoms with Crippen LogP contribution in [0.3, 0.4) is 0 Å². The number of carboxylic acids is 1.